The second kappa shape index (κ2) is 3.92. The molecule has 0 saturated heterocycles. The Kier molecular flexibility index (Phi) is 3.91. The lowest BCUT2D eigenvalue weighted by Crippen LogP contribution is -2.20. The minimum absolute atomic E-state index is 0.0872. The zero-order valence-electron chi connectivity index (χ0n) is 5.00. The Morgan fingerprint density at radius 3 is 2.38 bits per heavy atom. The summed E-state index contributed by atoms with van der Waals surface area (Å²) in [6.45, 7) is 1.80. The van der Waals surface area contributed by atoms with Crippen LogP contribution >= 0.6 is 12.6 Å². The number of methoxy groups -OCH3 is 1. The highest BCUT2D eigenvalue weighted by atomic mass is 32.1. The number of thiol groups is 1. The number of rotatable bonds is 3. The lowest BCUT2D eigenvalue weighted by Gasteiger charge is -2.09. The molecule has 2 atom stereocenters. The first-order chi connectivity index (χ1) is 3.72. The van der Waals surface area contributed by atoms with Crippen LogP contribution in [0.5, 0.6) is 0 Å². The van der Waals surface area contributed by atoms with E-state index in [4.69, 9.17) is 4.74 Å². The molecule has 2 unspecified atom stereocenters. The van der Waals surface area contributed by atoms with E-state index in [-0.39, 0.29) is 11.4 Å². The third kappa shape index (κ3) is 2.33. The maximum absolute atomic E-state index is 9.95. The van der Waals surface area contributed by atoms with Crippen LogP contribution in [0.1, 0.15) is 6.92 Å². The fraction of sp³-hybridized carbons (Fsp3) is 0.800. The Labute approximate surface area is 54.6 Å². The maximum Gasteiger partial charge on any atom is 0.135 e. The van der Waals surface area contributed by atoms with Crippen LogP contribution in [0.15, 0.2) is 0 Å². The van der Waals surface area contributed by atoms with Gasteiger partial charge in [0.15, 0.2) is 0 Å². The van der Waals surface area contributed by atoms with Gasteiger partial charge in [0.1, 0.15) is 6.29 Å². The molecule has 0 aliphatic rings. The maximum atomic E-state index is 9.95. The van der Waals surface area contributed by atoms with E-state index < -0.39 is 0 Å². The van der Waals surface area contributed by atoms with E-state index in [1.807, 2.05) is 0 Å². The molecule has 0 fully saturated rings. The van der Waals surface area contributed by atoms with Crippen LogP contribution < -0.4 is 0 Å². The van der Waals surface area contributed by atoms with Gasteiger partial charge in [-0.2, -0.15) is 12.6 Å². The molecule has 0 amide bonds. The first kappa shape index (κ1) is 7.98. The lowest BCUT2D eigenvalue weighted by molar-refractivity contribution is -0.109. The molecule has 0 radical (unpaired) electrons. The summed E-state index contributed by atoms with van der Waals surface area (Å²) < 4.78 is 4.80. The van der Waals surface area contributed by atoms with Gasteiger partial charge in [-0.3, -0.25) is 0 Å². The summed E-state index contributed by atoms with van der Waals surface area (Å²) in [4.78, 5) is 9.95. The van der Waals surface area contributed by atoms with E-state index in [1.54, 1.807) is 14.0 Å². The Hall–Kier alpha value is -0.0200. The molecule has 0 bridgehead atoms. The van der Waals surface area contributed by atoms with Gasteiger partial charge in [-0.15, -0.1) is 0 Å². The zero-order chi connectivity index (χ0) is 6.57. The van der Waals surface area contributed by atoms with Crippen LogP contribution in [0, 0.1) is 0 Å². The predicted molar refractivity (Wildman–Crippen MR) is 35.3 cm³/mol. The van der Waals surface area contributed by atoms with Crippen molar-refractivity contribution >= 4 is 18.9 Å². The van der Waals surface area contributed by atoms with E-state index in [0.29, 0.717) is 0 Å². The Bertz CT molecular complexity index is 74.8. The monoisotopic (exact) mass is 134 g/mol. The Balaban J connectivity index is 3.44. The van der Waals surface area contributed by atoms with E-state index >= 15 is 0 Å². The van der Waals surface area contributed by atoms with Crippen LogP contribution in [0.25, 0.3) is 0 Å². The molecule has 0 aromatic heterocycles. The second-order valence-electron chi connectivity index (χ2n) is 1.57. The molecule has 0 spiro atoms. The Morgan fingerprint density at radius 1 is 1.75 bits per heavy atom. The van der Waals surface area contributed by atoms with Gasteiger partial charge in [0, 0.05) is 7.11 Å². The average molecular weight is 134 g/mol. The van der Waals surface area contributed by atoms with Crippen molar-refractivity contribution in [3.05, 3.63) is 0 Å². The van der Waals surface area contributed by atoms with Crippen LogP contribution in [0.2, 0.25) is 0 Å². The number of ether oxygens (including phenoxy) is 1. The summed E-state index contributed by atoms with van der Waals surface area (Å²) in [5.41, 5.74) is 0. The van der Waals surface area contributed by atoms with Crippen molar-refractivity contribution in [2.45, 2.75) is 18.3 Å². The zero-order valence-corrected chi connectivity index (χ0v) is 5.89. The van der Waals surface area contributed by atoms with Crippen molar-refractivity contribution in [3.63, 3.8) is 0 Å². The Morgan fingerprint density at radius 2 is 2.25 bits per heavy atom. The van der Waals surface area contributed by atoms with Gasteiger partial charge in [-0.25, -0.2) is 0 Å². The van der Waals surface area contributed by atoms with Gasteiger partial charge >= 0.3 is 0 Å². The van der Waals surface area contributed by atoms with Crippen LogP contribution in [-0.4, -0.2) is 24.7 Å². The highest BCUT2D eigenvalue weighted by Gasteiger charge is 2.08. The van der Waals surface area contributed by atoms with Gasteiger partial charge in [-0.05, 0) is 6.92 Å². The number of carbonyl (C=O) groups excluding carboxylic acids is 1. The van der Waals surface area contributed by atoms with E-state index in [0.717, 1.165) is 6.29 Å². The standard InChI is InChI=1S/C5H10O2S/c1-4(7-2)5(8)3-6/h3-5,8H,1-2H3. The van der Waals surface area contributed by atoms with E-state index in [9.17, 15) is 4.79 Å². The first-order valence-corrected chi connectivity index (χ1v) is 2.90. The summed E-state index contributed by atoms with van der Waals surface area (Å²) in [7, 11) is 1.55. The minimum atomic E-state index is -0.292. The van der Waals surface area contributed by atoms with Crippen LogP contribution in [0.4, 0.5) is 0 Å². The third-order valence-electron chi connectivity index (χ3n) is 0.992. The number of hydrogen-bond donors (Lipinski definition) is 1. The molecule has 0 aliphatic heterocycles. The molecule has 8 heavy (non-hydrogen) atoms. The lowest BCUT2D eigenvalue weighted by atomic mass is 10.3. The molecule has 0 aromatic rings. The third-order valence-corrected chi connectivity index (χ3v) is 1.53. The summed E-state index contributed by atoms with van der Waals surface area (Å²) in [5.74, 6) is 0. The van der Waals surface area contributed by atoms with Crippen molar-refractivity contribution in [2.24, 2.45) is 0 Å². The smallest absolute Gasteiger partial charge is 0.135 e. The highest BCUT2D eigenvalue weighted by molar-refractivity contribution is 7.81. The molecule has 0 rings (SSSR count). The SMILES string of the molecule is COC(C)C(S)C=O. The molecule has 0 N–H and O–H groups in total. The normalized spacial score (nSPS) is 17.4. The van der Waals surface area contributed by atoms with E-state index in [1.165, 1.54) is 0 Å². The fourth-order valence-electron chi connectivity index (χ4n) is 0.250. The number of hydrogen-bond acceptors (Lipinski definition) is 3. The summed E-state index contributed by atoms with van der Waals surface area (Å²) >= 11 is 3.91. The van der Waals surface area contributed by atoms with Crippen molar-refractivity contribution in [2.75, 3.05) is 7.11 Å². The molecular weight excluding hydrogens is 124 g/mol. The molecule has 3 heteroatoms. The topological polar surface area (TPSA) is 26.3 Å². The van der Waals surface area contributed by atoms with Crippen molar-refractivity contribution in [1.29, 1.82) is 0 Å². The number of aldehydes is 1. The number of carbonyl (C=O) groups is 1. The molecule has 0 aromatic carbocycles. The highest BCUT2D eigenvalue weighted by Crippen LogP contribution is 2.00. The minimum Gasteiger partial charge on any atom is -0.380 e. The molecule has 2 nitrogen and oxygen atoms in total. The quantitative estimate of drug-likeness (QED) is 0.450. The van der Waals surface area contributed by atoms with Gasteiger partial charge in [0.05, 0.1) is 11.4 Å². The van der Waals surface area contributed by atoms with Gasteiger partial charge in [0.25, 0.3) is 0 Å². The molecule has 0 saturated carbocycles. The average Bonchev–Trinajstić information content (AvgIpc) is 1.84. The van der Waals surface area contributed by atoms with E-state index in [2.05, 4.69) is 12.6 Å². The first-order valence-electron chi connectivity index (χ1n) is 2.38. The van der Waals surface area contributed by atoms with Crippen LogP contribution in [0.3, 0.4) is 0 Å². The van der Waals surface area contributed by atoms with Gasteiger partial charge < -0.3 is 9.53 Å². The molecule has 48 valence electrons. The van der Waals surface area contributed by atoms with Crippen LogP contribution in [-0.2, 0) is 9.53 Å². The van der Waals surface area contributed by atoms with Crippen molar-refractivity contribution in [1.82, 2.24) is 0 Å². The predicted octanol–water partition coefficient (Wildman–Crippen LogP) is 0.519. The van der Waals surface area contributed by atoms with Gasteiger partial charge in [-0.1, -0.05) is 0 Å². The van der Waals surface area contributed by atoms with Gasteiger partial charge in [0.2, 0.25) is 0 Å². The molecule has 0 aliphatic carbocycles. The molecular formula is C5H10O2S. The summed E-state index contributed by atoms with van der Waals surface area (Å²) in [5, 5.41) is -0.292. The summed E-state index contributed by atoms with van der Waals surface area (Å²) in [6, 6.07) is 0. The second-order valence-corrected chi connectivity index (χ2v) is 2.16. The summed E-state index contributed by atoms with van der Waals surface area (Å²) in [6.07, 6.45) is 0.674. The largest absolute Gasteiger partial charge is 0.380 e. The van der Waals surface area contributed by atoms with Crippen molar-refractivity contribution in [3.8, 4) is 0 Å². The van der Waals surface area contributed by atoms with Crippen molar-refractivity contribution < 1.29 is 9.53 Å². The fourth-order valence-corrected chi connectivity index (χ4v) is 0.372. The molecule has 0 heterocycles.